The predicted molar refractivity (Wildman–Crippen MR) is 74.2 cm³/mol. The van der Waals surface area contributed by atoms with Crippen molar-refractivity contribution < 1.29 is 17.9 Å². The van der Waals surface area contributed by atoms with Gasteiger partial charge in [0.2, 0.25) is 5.82 Å². The summed E-state index contributed by atoms with van der Waals surface area (Å²) in [4.78, 5) is 15.9. The number of rotatable bonds is 3. The second-order valence-corrected chi connectivity index (χ2v) is 4.99. The summed E-state index contributed by atoms with van der Waals surface area (Å²) in [7, 11) is 0. The van der Waals surface area contributed by atoms with Crippen molar-refractivity contribution in [1.29, 1.82) is 0 Å². The van der Waals surface area contributed by atoms with Crippen molar-refractivity contribution >= 4 is 11.6 Å². The lowest BCUT2D eigenvalue weighted by atomic mass is 10.1. The maximum absolute atomic E-state index is 13.7. The van der Waals surface area contributed by atoms with Crippen molar-refractivity contribution in [3.05, 3.63) is 30.1 Å². The van der Waals surface area contributed by atoms with Gasteiger partial charge in [-0.25, -0.2) is 19.3 Å². The first-order valence-electron chi connectivity index (χ1n) is 6.90. The fraction of sp³-hybridized carbons (Fsp3) is 0.385. The Morgan fingerprint density at radius 2 is 1.87 bits per heavy atom. The van der Waals surface area contributed by atoms with Crippen molar-refractivity contribution in [2.24, 2.45) is 0 Å². The molecule has 0 atom stereocenters. The zero-order chi connectivity index (χ0) is 16.4. The molecule has 122 valence electrons. The van der Waals surface area contributed by atoms with E-state index in [1.54, 1.807) is 4.90 Å². The number of aromatic nitrogens is 4. The van der Waals surface area contributed by atoms with Crippen LogP contribution in [0.3, 0.4) is 0 Å². The number of nitrogens with two attached hydrogens (primary N) is 1. The van der Waals surface area contributed by atoms with Crippen LogP contribution in [0.15, 0.2) is 12.5 Å². The molecule has 7 nitrogen and oxygen atoms in total. The van der Waals surface area contributed by atoms with E-state index in [0.717, 1.165) is 12.5 Å². The minimum Gasteiger partial charge on any atom is -0.460 e. The second kappa shape index (κ2) is 6.23. The van der Waals surface area contributed by atoms with E-state index in [2.05, 4.69) is 19.9 Å². The highest BCUT2D eigenvalue weighted by Gasteiger charge is 2.25. The zero-order valence-electron chi connectivity index (χ0n) is 11.9. The Kier molecular flexibility index (Phi) is 4.13. The summed E-state index contributed by atoms with van der Waals surface area (Å²) in [6.07, 6.45) is 2.72. The van der Waals surface area contributed by atoms with Crippen LogP contribution in [0.4, 0.5) is 24.8 Å². The molecule has 3 heterocycles. The number of nitrogens with zero attached hydrogens (tertiary/aromatic N) is 5. The molecule has 10 heteroatoms. The summed E-state index contributed by atoms with van der Waals surface area (Å²) in [5, 5.41) is 0. The third-order valence-corrected chi connectivity index (χ3v) is 3.49. The molecular formula is C13H13F3N6O. The van der Waals surface area contributed by atoms with Gasteiger partial charge in [-0.1, -0.05) is 0 Å². The smallest absolute Gasteiger partial charge is 0.318 e. The van der Waals surface area contributed by atoms with Gasteiger partial charge in [0.25, 0.3) is 5.95 Å². The summed E-state index contributed by atoms with van der Waals surface area (Å²) in [5.41, 5.74) is 5.35. The highest BCUT2D eigenvalue weighted by molar-refractivity contribution is 5.39. The third kappa shape index (κ3) is 3.25. The van der Waals surface area contributed by atoms with Crippen LogP contribution in [0.5, 0.6) is 6.01 Å². The molecule has 0 saturated carbocycles. The van der Waals surface area contributed by atoms with Crippen LogP contribution in [-0.4, -0.2) is 39.1 Å². The van der Waals surface area contributed by atoms with E-state index >= 15 is 0 Å². The Morgan fingerprint density at radius 3 is 2.57 bits per heavy atom. The number of hydrogen-bond acceptors (Lipinski definition) is 7. The molecular weight excluding hydrogens is 313 g/mol. The van der Waals surface area contributed by atoms with Crippen molar-refractivity contribution in [3.8, 4) is 6.01 Å². The largest absolute Gasteiger partial charge is 0.460 e. The van der Waals surface area contributed by atoms with Gasteiger partial charge in [0.1, 0.15) is 12.4 Å². The van der Waals surface area contributed by atoms with Gasteiger partial charge in [0.15, 0.2) is 17.5 Å². The van der Waals surface area contributed by atoms with Crippen LogP contribution >= 0.6 is 0 Å². The summed E-state index contributed by atoms with van der Waals surface area (Å²) in [6.45, 7) is 0.823. The highest BCUT2D eigenvalue weighted by Crippen LogP contribution is 2.23. The number of halogens is 3. The van der Waals surface area contributed by atoms with E-state index in [4.69, 9.17) is 10.5 Å². The lowest BCUT2D eigenvalue weighted by molar-refractivity contribution is 0.156. The molecule has 2 N–H and O–H groups in total. The van der Waals surface area contributed by atoms with Gasteiger partial charge in [0, 0.05) is 25.9 Å². The van der Waals surface area contributed by atoms with E-state index in [9.17, 15) is 13.2 Å². The summed E-state index contributed by atoms with van der Waals surface area (Å²) < 4.78 is 45.3. The molecule has 1 aliphatic rings. The monoisotopic (exact) mass is 326 g/mol. The van der Waals surface area contributed by atoms with Gasteiger partial charge < -0.3 is 15.4 Å². The van der Waals surface area contributed by atoms with Gasteiger partial charge in [0.05, 0.1) is 6.20 Å². The third-order valence-electron chi connectivity index (χ3n) is 3.49. The van der Waals surface area contributed by atoms with Gasteiger partial charge in [-0.15, -0.1) is 0 Å². The molecule has 0 amide bonds. The van der Waals surface area contributed by atoms with Gasteiger partial charge in [-0.3, -0.25) is 0 Å². The quantitative estimate of drug-likeness (QED) is 0.851. The molecule has 23 heavy (non-hydrogen) atoms. The van der Waals surface area contributed by atoms with E-state index in [0.29, 0.717) is 25.9 Å². The van der Waals surface area contributed by atoms with Crippen LogP contribution in [0, 0.1) is 17.6 Å². The van der Waals surface area contributed by atoms with Crippen molar-refractivity contribution in [1.82, 2.24) is 19.9 Å². The molecule has 0 bridgehead atoms. The van der Waals surface area contributed by atoms with E-state index in [-0.39, 0.29) is 23.8 Å². The first-order valence-corrected chi connectivity index (χ1v) is 6.90. The van der Waals surface area contributed by atoms with E-state index in [1.807, 2.05) is 0 Å². The van der Waals surface area contributed by atoms with Crippen LogP contribution in [0.2, 0.25) is 0 Å². The summed E-state index contributed by atoms with van der Waals surface area (Å²) in [6, 6.07) is -0.0124. The maximum Gasteiger partial charge on any atom is 0.318 e. The first kappa shape index (κ1) is 15.3. The van der Waals surface area contributed by atoms with E-state index < -0.39 is 17.6 Å². The molecule has 2 aromatic heterocycles. The van der Waals surface area contributed by atoms with Crippen molar-refractivity contribution in [2.45, 2.75) is 18.9 Å². The predicted octanol–water partition coefficient (Wildman–Crippen LogP) is 1.31. The fourth-order valence-electron chi connectivity index (χ4n) is 2.31. The number of nitrogen functional groups attached to an aromatic ring is 1. The Morgan fingerprint density at radius 1 is 1.13 bits per heavy atom. The average molecular weight is 326 g/mol. The summed E-state index contributed by atoms with van der Waals surface area (Å²) in [5.74, 6) is -3.32. The molecule has 0 spiro atoms. The van der Waals surface area contributed by atoms with Gasteiger partial charge in [-0.2, -0.15) is 13.8 Å². The van der Waals surface area contributed by atoms with Gasteiger partial charge >= 0.3 is 6.01 Å². The Bertz CT molecular complexity index is 708. The highest BCUT2D eigenvalue weighted by atomic mass is 19.2. The van der Waals surface area contributed by atoms with Crippen molar-refractivity contribution in [3.63, 3.8) is 0 Å². The molecule has 2 aromatic rings. The first-order chi connectivity index (χ1) is 11.0. The minimum atomic E-state index is -1.18. The van der Waals surface area contributed by atoms with E-state index in [1.165, 1.54) is 0 Å². The Labute approximate surface area is 129 Å². The van der Waals surface area contributed by atoms with Gasteiger partial charge in [-0.05, 0) is 0 Å². The average Bonchev–Trinajstić information content (AvgIpc) is 2.55. The van der Waals surface area contributed by atoms with Crippen LogP contribution < -0.4 is 15.4 Å². The van der Waals surface area contributed by atoms with Crippen LogP contribution in [0.25, 0.3) is 0 Å². The fourth-order valence-corrected chi connectivity index (χ4v) is 2.31. The normalized spacial score (nSPS) is 15.7. The lowest BCUT2D eigenvalue weighted by Crippen LogP contribution is -2.39. The maximum atomic E-state index is 13.7. The topological polar surface area (TPSA) is 90.1 Å². The molecule has 0 radical (unpaired) electrons. The lowest BCUT2D eigenvalue weighted by Gasteiger charge is -2.32. The number of ether oxygens (including phenoxy) is 1. The second-order valence-electron chi connectivity index (χ2n) is 4.99. The molecule has 1 fully saturated rings. The number of piperidine rings is 1. The molecule has 3 rings (SSSR count). The standard InChI is InChI=1S/C13H13F3N6O/c14-8-5-18-13(21-11(8)17)23-7-1-3-22(4-2-7)12-9(15)10(16)19-6-20-12/h5-7H,1-4H2,(H2,17,18,21). The van der Waals surface area contributed by atoms with Crippen LogP contribution in [-0.2, 0) is 0 Å². The SMILES string of the molecule is Nc1nc(OC2CCN(c3ncnc(F)c3F)CC2)ncc1F. The molecule has 1 saturated heterocycles. The Balaban J connectivity index is 1.62. The summed E-state index contributed by atoms with van der Waals surface area (Å²) >= 11 is 0. The molecule has 1 aliphatic heterocycles. The Hall–Kier alpha value is -2.65. The van der Waals surface area contributed by atoms with Crippen LogP contribution in [0.1, 0.15) is 12.8 Å². The molecule has 0 aliphatic carbocycles. The molecule has 0 unspecified atom stereocenters. The molecule has 0 aromatic carbocycles. The number of anilines is 2. The zero-order valence-corrected chi connectivity index (χ0v) is 11.9. The van der Waals surface area contributed by atoms with Crippen molar-refractivity contribution in [2.75, 3.05) is 23.7 Å². The minimum absolute atomic E-state index is 0.0124. The number of hydrogen-bond donors (Lipinski definition) is 1.